The van der Waals surface area contributed by atoms with E-state index in [1.54, 1.807) is 32.6 Å². The first-order valence-corrected chi connectivity index (χ1v) is 24.8. The molecule has 1 atom stereocenters. The molecule has 0 radical (unpaired) electrons. The number of piperidine rings is 3. The van der Waals surface area contributed by atoms with Crippen molar-refractivity contribution in [2.24, 2.45) is 17.8 Å². The van der Waals surface area contributed by atoms with E-state index in [1.807, 2.05) is 36.4 Å². The Morgan fingerprint density at radius 3 is 2.29 bits per heavy atom. The van der Waals surface area contributed by atoms with E-state index in [2.05, 4.69) is 52.8 Å². The first-order valence-electron chi connectivity index (χ1n) is 21.8. The monoisotopic (exact) mass is 893 g/mol. The average Bonchev–Trinajstić information content (AvgIpc) is 3.52. The Bertz CT molecular complexity index is 2500. The molecule has 5 aliphatic heterocycles. The molecule has 63 heavy (non-hydrogen) atoms. The molecule has 17 heteroatoms. The topological polar surface area (TPSA) is 169 Å². The van der Waals surface area contributed by atoms with Crippen molar-refractivity contribution in [3.8, 4) is 5.75 Å². The number of likely N-dealkylation sites (tertiary alicyclic amines) is 1. The van der Waals surface area contributed by atoms with Crippen LogP contribution in [0.5, 0.6) is 5.75 Å². The zero-order chi connectivity index (χ0) is 44.0. The second-order valence-corrected chi connectivity index (χ2v) is 21.4. The summed E-state index contributed by atoms with van der Waals surface area (Å²) in [4.78, 5) is 68.5. The molecule has 330 valence electrons. The van der Waals surface area contributed by atoms with Gasteiger partial charge in [0.1, 0.15) is 24.0 Å². The molecule has 0 saturated carbocycles. The lowest BCUT2D eigenvalue weighted by atomic mass is 9.78. The molecule has 3 N–H and O–H groups in total. The van der Waals surface area contributed by atoms with E-state index in [0.717, 1.165) is 85.9 Å². The fourth-order valence-corrected chi connectivity index (χ4v) is 11.3. The van der Waals surface area contributed by atoms with Crippen LogP contribution < -0.4 is 35.8 Å². The summed E-state index contributed by atoms with van der Waals surface area (Å²) >= 11 is 6.49. The molecule has 3 aromatic carbocycles. The molecular weight excluding hydrogens is 841 g/mol. The number of carbonyl (C=O) groups is 4. The molecule has 0 spiro atoms. The minimum absolute atomic E-state index is 0.0969. The maximum absolute atomic E-state index is 13.6. The number of rotatable bonds is 12. The number of methoxy groups -OCH3 is 1. The summed E-state index contributed by atoms with van der Waals surface area (Å²) in [7, 11) is -0.895. The quantitative estimate of drug-likeness (QED) is 0.107. The van der Waals surface area contributed by atoms with Gasteiger partial charge in [0.2, 0.25) is 17.8 Å². The minimum atomic E-state index is -2.55. The molecule has 0 bridgehead atoms. The van der Waals surface area contributed by atoms with Gasteiger partial charge < -0.3 is 34.6 Å². The summed E-state index contributed by atoms with van der Waals surface area (Å²) in [5.41, 5.74) is 3.96. The molecule has 1 unspecified atom stereocenters. The third-order valence-corrected chi connectivity index (χ3v) is 15.2. The van der Waals surface area contributed by atoms with Gasteiger partial charge in [-0.15, -0.1) is 0 Å². The second kappa shape index (κ2) is 17.6. The van der Waals surface area contributed by atoms with Gasteiger partial charge in [0.25, 0.3) is 11.8 Å². The second-order valence-electron chi connectivity index (χ2n) is 17.8. The zero-order valence-corrected chi connectivity index (χ0v) is 37.5. The smallest absolute Gasteiger partial charge is 0.264 e. The van der Waals surface area contributed by atoms with Gasteiger partial charge in [0, 0.05) is 62.1 Å². The fourth-order valence-electron chi connectivity index (χ4n) is 10.0. The van der Waals surface area contributed by atoms with Gasteiger partial charge in [-0.25, -0.2) is 4.98 Å². The van der Waals surface area contributed by atoms with E-state index in [4.69, 9.17) is 16.3 Å². The standard InChI is InChI=1S/C46H53ClN9O6P/c1-62-38-23-31(11-12-34(38)50-46-48-24-33(47)42(52-46)49-35-8-4-5-10-39(35)63(2,3)61)54-21-17-30(18-22-54)29-15-19-53(20-16-29)25-28-26-55(27-28)36-9-6-7-32-41(36)45(60)56(44(32)59)37-13-14-40(57)51-43(37)58/h4-12,23-24,28-30,37H,13-22,25-27H2,1-3H3,(H,51,57,58)(H2,48,49,50,52). The molecule has 9 rings (SSSR count). The zero-order valence-electron chi connectivity index (χ0n) is 35.8. The molecule has 5 aliphatic rings. The third-order valence-electron chi connectivity index (χ3n) is 13.4. The number of halogens is 1. The summed E-state index contributed by atoms with van der Waals surface area (Å²) in [6.45, 7) is 10.2. The predicted molar refractivity (Wildman–Crippen MR) is 245 cm³/mol. The Balaban J connectivity index is 0.742. The number of ether oxygens (including phenoxy) is 1. The number of hydrogen-bond donors (Lipinski definition) is 3. The van der Waals surface area contributed by atoms with Gasteiger partial charge in [-0.2, -0.15) is 4.98 Å². The number of carbonyl (C=O) groups excluding carboxylic acids is 4. The maximum atomic E-state index is 13.6. The lowest BCUT2D eigenvalue weighted by Gasteiger charge is -2.46. The van der Waals surface area contributed by atoms with Crippen molar-refractivity contribution in [3.63, 3.8) is 0 Å². The first kappa shape index (κ1) is 42.8. The largest absolute Gasteiger partial charge is 0.494 e. The van der Waals surface area contributed by atoms with Crippen molar-refractivity contribution >= 4 is 82.2 Å². The molecule has 1 aromatic heterocycles. The van der Waals surface area contributed by atoms with Gasteiger partial charge in [-0.1, -0.05) is 29.8 Å². The third kappa shape index (κ3) is 8.75. The molecule has 4 aromatic rings. The molecular formula is C46H53ClN9O6P. The number of hydrogen-bond acceptors (Lipinski definition) is 13. The van der Waals surface area contributed by atoms with Gasteiger partial charge in [0.15, 0.2) is 5.82 Å². The van der Waals surface area contributed by atoms with Crippen LogP contribution in [0, 0.1) is 17.8 Å². The van der Waals surface area contributed by atoms with E-state index in [-0.39, 0.29) is 18.7 Å². The van der Waals surface area contributed by atoms with Crippen LogP contribution in [0.4, 0.5) is 34.5 Å². The van der Waals surface area contributed by atoms with Gasteiger partial charge in [-0.05, 0) is 107 Å². The van der Waals surface area contributed by atoms with E-state index in [9.17, 15) is 23.7 Å². The van der Waals surface area contributed by atoms with Gasteiger partial charge in [0.05, 0.1) is 41.5 Å². The van der Waals surface area contributed by atoms with Crippen LogP contribution in [0.1, 0.15) is 59.2 Å². The normalized spacial score (nSPS) is 20.4. The van der Waals surface area contributed by atoms with Gasteiger partial charge >= 0.3 is 0 Å². The molecule has 6 heterocycles. The predicted octanol–water partition coefficient (Wildman–Crippen LogP) is 6.34. The highest BCUT2D eigenvalue weighted by Gasteiger charge is 2.47. The van der Waals surface area contributed by atoms with Crippen molar-refractivity contribution in [1.82, 2.24) is 25.1 Å². The molecule has 4 fully saturated rings. The molecule has 4 amide bonds. The van der Waals surface area contributed by atoms with Crippen molar-refractivity contribution < 1.29 is 28.5 Å². The minimum Gasteiger partial charge on any atom is -0.494 e. The van der Waals surface area contributed by atoms with E-state index < -0.39 is 30.9 Å². The summed E-state index contributed by atoms with van der Waals surface area (Å²) in [5, 5.41) is 9.87. The Labute approximate surface area is 372 Å². The highest BCUT2D eigenvalue weighted by molar-refractivity contribution is 7.70. The number of fused-ring (bicyclic) bond motifs is 1. The van der Waals surface area contributed by atoms with Crippen LogP contribution in [0.25, 0.3) is 0 Å². The summed E-state index contributed by atoms with van der Waals surface area (Å²) in [6, 6.07) is 18.0. The van der Waals surface area contributed by atoms with Crippen molar-refractivity contribution in [2.45, 2.75) is 44.6 Å². The Morgan fingerprint density at radius 1 is 0.841 bits per heavy atom. The van der Waals surface area contributed by atoms with Crippen molar-refractivity contribution in [3.05, 3.63) is 83.0 Å². The summed E-state index contributed by atoms with van der Waals surface area (Å²) in [6.07, 6.45) is 6.47. The van der Waals surface area contributed by atoms with Crippen LogP contribution in [-0.2, 0) is 14.2 Å². The van der Waals surface area contributed by atoms with E-state index in [1.165, 1.54) is 19.0 Å². The van der Waals surface area contributed by atoms with Crippen LogP contribution in [-0.4, -0.2) is 116 Å². The van der Waals surface area contributed by atoms with Crippen molar-refractivity contribution in [1.29, 1.82) is 0 Å². The molecule has 15 nitrogen and oxygen atoms in total. The number of anilines is 6. The van der Waals surface area contributed by atoms with Crippen LogP contribution in [0.3, 0.4) is 0 Å². The molecule has 0 aliphatic carbocycles. The summed E-state index contributed by atoms with van der Waals surface area (Å²) in [5.74, 6) is 1.40. The van der Waals surface area contributed by atoms with Crippen LogP contribution in [0.2, 0.25) is 5.02 Å². The van der Waals surface area contributed by atoms with E-state index in [0.29, 0.717) is 57.1 Å². The van der Waals surface area contributed by atoms with Crippen LogP contribution in [0.15, 0.2) is 66.9 Å². The van der Waals surface area contributed by atoms with Gasteiger partial charge in [-0.3, -0.25) is 29.4 Å². The highest BCUT2D eigenvalue weighted by Crippen LogP contribution is 2.41. The lowest BCUT2D eigenvalue weighted by Crippen LogP contribution is -2.54. The maximum Gasteiger partial charge on any atom is 0.264 e. The fraction of sp³-hybridized carbons (Fsp3) is 0.435. The number of para-hydroxylation sites is 1. The van der Waals surface area contributed by atoms with Crippen molar-refractivity contribution in [2.75, 3.05) is 86.7 Å². The average molecular weight is 894 g/mol. The Kier molecular flexibility index (Phi) is 11.9. The van der Waals surface area contributed by atoms with Crippen LogP contribution >= 0.6 is 18.7 Å². The number of nitrogens with one attached hydrogen (secondary N) is 3. The number of benzene rings is 3. The Hall–Kier alpha value is -5.50. The first-order chi connectivity index (χ1) is 30.3. The lowest BCUT2D eigenvalue weighted by molar-refractivity contribution is -0.136. The number of aromatic nitrogens is 2. The number of amides is 4. The number of imide groups is 2. The Morgan fingerprint density at radius 2 is 1.57 bits per heavy atom. The number of nitrogens with zero attached hydrogens (tertiary/aromatic N) is 6. The summed E-state index contributed by atoms with van der Waals surface area (Å²) < 4.78 is 18.8. The van der Waals surface area contributed by atoms with E-state index >= 15 is 0 Å². The molecule has 4 saturated heterocycles. The SMILES string of the molecule is COc1cc(N2CCC(C3CCN(CC4CN(c5cccc6c5C(=O)N(C5CCC(=O)NC5=O)C6=O)C4)CC3)CC2)ccc1Nc1ncc(Cl)c(Nc2ccccc2P(C)(C)=O)n1. The highest BCUT2D eigenvalue weighted by atomic mass is 35.5.